The molecule has 0 unspecified atom stereocenters. The van der Waals surface area contributed by atoms with Gasteiger partial charge in [0, 0.05) is 45.1 Å². The third-order valence-electron chi connectivity index (χ3n) is 7.39. The van der Waals surface area contributed by atoms with Crippen LogP contribution in [0.5, 0.6) is 0 Å². The smallest absolute Gasteiger partial charge is 0.327 e. The average molecular weight is 408 g/mol. The number of amides is 4. The van der Waals surface area contributed by atoms with Gasteiger partial charge in [0.05, 0.1) is 0 Å². The molecule has 4 amide bonds. The SMILES string of the molecule is CN1C(=O)N(C[C@H](CO)[C@@H](CC2CCCC2)C(=O)N2CCCCC2)C(=O)C1(C)C. The normalized spacial score (nSPS) is 25.0. The first kappa shape index (κ1) is 22.1. The van der Waals surface area contributed by atoms with Crippen LogP contribution in [0.2, 0.25) is 0 Å². The van der Waals surface area contributed by atoms with Crippen LogP contribution in [-0.2, 0) is 9.59 Å². The summed E-state index contributed by atoms with van der Waals surface area (Å²) in [6.45, 7) is 4.92. The van der Waals surface area contributed by atoms with E-state index in [0.717, 1.165) is 51.6 Å². The summed E-state index contributed by atoms with van der Waals surface area (Å²) in [5, 5.41) is 10.2. The van der Waals surface area contributed by atoms with Gasteiger partial charge >= 0.3 is 6.03 Å². The van der Waals surface area contributed by atoms with Crippen LogP contribution in [0.15, 0.2) is 0 Å². The van der Waals surface area contributed by atoms with Gasteiger partial charge in [0.2, 0.25) is 5.91 Å². The van der Waals surface area contributed by atoms with Gasteiger partial charge in [-0.15, -0.1) is 0 Å². The van der Waals surface area contributed by atoms with Crippen molar-refractivity contribution < 1.29 is 19.5 Å². The fraction of sp³-hybridized carbons (Fsp3) is 0.864. The number of urea groups is 1. The largest absolute Gasteiger partial charge is 0.396 e. The zero-order valence-corrected chi connectivity index (χ0v) is 18.2. The first-order chi connectivity index (χ1) is 13.8. The van der Waals surface area contributed by atoms with Gasteiger partial charge in [-0.2, -0.15) is 0 Å². The Kier molecular flexibility index (Phi) is 6.87. The Balaban J connectivity index is 1.79. The number of nitrogens with zero attached hydrogens (tertiary/aromatic N) is 3. The van der Waals surface area contributed by atoms with Crippen LogP contribution in [0.3, 0.4) is 0 Å². The molecule has 0 aromatic rings. The summed E-state index contributed by atoms with van der Waals surface area (Å²) < 4.78 is 0. The Morgan fingerprint density at radius 1 is 1.10 bits per heavy atom. The number of likely N-dealkylation sites (N-methyl/N-ethyl adjacent to an activating group) is 1. The maximum Gasteiger partial charge on any atom is 0.327 e. The molecule has 29 heavy (non-hydrogen) atoms. The number of rotatable bonds is 7. The first-order valence-corrected chi connectivity index (χ1v) is 11.3. The second kappa shape index (κ2) is 9.02. The van der Waals surface area contributed by atoms with E-state index in [9.17, 15) is 19.5 Å². The molecule has 164 valence electrons. The van der Waals surface area contributed by atoms with Crippen LogP contribution in [0, 0.1) is 17.8 Å². The lowest BCUT2D eigenvalue weighted by Crippen LogP contribution is -2.47. The molecule has 0 spiro atoms. The predicted molar refractivity (Wildman–Crippen MR) is 110 cm³/mol. The highest BCUT2D eigenvalue weighted by atomic mass is 16.3. The summed E-state index contributed by atoms with van der Waals surface area (Å²) >= 11 is 0. The molecule has 3 rings (SSSR count). The van der Waals surface area contributed by atoms with Gasteiger partial charge in [0.25, 0.3) is 5.91 Å². The number of hydrogen-bond acceptors (Lipinski definition) is 4. The highest BCUT2D eigenvalue weighted by Gasteiger charge is 2.50. The summed E-state index contributed by atoms with van der Waals surface area (Å²) in [5.74, 6) is -0.418. The zero-order valence-electron chi connectivity index (χ0n) is 18.2. The van der Waals surface area contributed by atoms with Gasteiger partial charge in [-0.25, -0.2) is 4.79 Å². The Morgan fingerprint density at radius 3 is 2.24 bits per heavy atom. The molecule has 0 bridgehead atoms. The molecule has 2 heterocycles. The van der Waals surface area contributed by atoms with Crippen molar-refractivity contribution in [3.8, 4) is 0 Å². The van der Waals surface area contributed by atoms with E-state index >= 15 is 0 Å². The van der Waals surface area contributed by atoms with Crippen LogP contribution in [0.1, 0.15) is 65.2 Å². The zero-order chi connectivity index (χ0) is 21.2. The first-order valence-electron chi connectivity index (χ1n) is 11.3. The van der Waals surface area contributed by atoms with E-state index < -0.39 is 11.5 Å². The molecule has 2 aliphatic heterocycles. The van der Waals surface area contributed by atoms with E-state index in [0.29, 0.717) is 5.92 Å². The van der Waals surface area contributed by atoms with Crippen LogP contribution >= 0.6 is 0 Å². The summed E-state index contributed by atoms with van der Waals surface area (Å²) in [6, 6.07) is -0.344. The lowest BCUT2D eigenvalue weighted by Gasteiger charge is -2.35. The Morgan fingerprint density at radius 2 is 1.72 bits per heavy atom. The third kappa shape index (κ3) is 4.44. The van der Waals surface area contributed by atoms with Crippen molar-refractivity contribution in [3.63, 3.8) is 0 Å². The summed E-state index contributed by atoms with van der Waals surface area (Å²) in [7, 11) is 1.63. The standard InChI is InChI=1S/C22H37N3O4/c1-22(2)20(28)25(21(29)23(22)3)14-17(15-26)18(13-16-9-5-6-10-16)19(27)24-11-7-4-8-12-24/h16-18,26H,4-15H2,1-3H3/t17-,18-/m1/s1. The Hall–Kier alpha value is -1.63. The molecule has 0 radical (unpaired) electrons. The fourth-order valence-electron chi connectivity index (χ4n) is 5.14. The fourth-order valence-corrected chi connectivity index (χ4v) is 5.14. The highest BCUT2D eigenvalue weighted by Crippen LogP contribution is 2.35. The van der Waals surface area contributed by atoms with Gasteiger partial charge < -0.3 is 14.9 Å². The number of carbonyl (C=O) groups is 3. The number of carbonyl (C=O) groups excluding carboxylic acids is 3. The van der Waals surface area contributed by atoms with Gasteiger partial charge in [-0.3, -0.25) is 14.5 Å². The maximum atomic E-state index is 13.4. The lowest BCUT2D eigenvalue weighted by molar-refractivity contribution is -0.141. The van der Waals surface area contributed by atoms with Gasteiger partial charge in [0.15, 0.2) is 0 Å². The van der Waals surface area contributed by atoms with Crippen LogP contribution in [-0.4, -0.2) is 76.5 Å². The molecule has 3 aliphatic rings. The van der Waals surface area contributed by atoms with E-state index in [1.807, 2.05) is 4.90 Å². The molecule has 7 nitrogen and oxygen atoms in total. The molecule has 7 heteroatoms. The maximum absolute atomic E-state index is 13.4. The molecule has 2 saturated heterocycles. The number of aliphatic hydroxyl groups is 1. The summed E-state index contributed by atoms with van der Waals surface area (Å²) in [6.07, 6.45) is 8.58. The third-order valence-corrected chi connectivity index (χ3v) is 7.39. The molecule has 2 atom stereocenters. The lowest BCUT2D eigenvalue weighted by atomic mass is 9.82. The topological polar surface area (TPSA) is 81.2 Å². The molecular formula is C22H37N3O4. The van der Waals surface area contributed by atoms with Crippen molar-refractivity contribution in [1.82, 2.24) is 14.7 Å². The minimum Gasteiger partial charge on any atom is -0.396 e. The monoisotopic (exact) mass is 407 g/mol. The molecule has 1 aliphatic carbocycles. The molecule has 3 fully saturated rings. The second-order valence-corrected chi connectivity index (χ2v) is 9.64. The molecule has 0 aromatic carbocycles. The van der Waals surface area contributed by atoms with E-state index in [2.05, 4.69) is 0 Å². The summed E-state index contributed by atoms with van der Waals surface area (Å²) in [5.41, 5.74) is -0.894. The number of piperidine rings is 1. The van der Waals surface area contributed by atoms with E-state index in [-0.39, 0.29) is 36.9 Å². The quantitative estimate of drug-likeness (QED) is 0.658. The average Bonchev–Trinajstić information content (AvgIpc) is 3.29. The van der Waals surface area contributed by atoms with Crippen molar-refractivity contribution in [2.45, 2.75) is 70.8 Å². The minimum absolute atomic E-state index is 0.0994. The number of aliphatic hydroxyl groups excluding tert-OH is 1. The highest BCUT2D eigenvalue weighted by molar-refractivity contribution is 6.06. The van der Waals surface area contributed by atoms with Crippen molar-refractivity contribution in [2.24, 2.45) is 17.8 Å². The predicted octanol–water partition coefficient (Wildman–Crippen LogP) is 2.48. The summed E-state index contributed by atoms with van der Waals surface area (Å²) in [4.78, 5) is 43.6. The van der Waals surface area contributed by atoms with Crippen LogP contribution < -0.4 is 0 Å². The van der Waals surface area contributed by atoms with Crippen LogP contribution in [0.4, 0.5) is 4.79 Å². The Labute approximate surface area is 174 Å². The number of hydrogen-bond donors (Lipinski definition) is 1. The van der Waals surface area contributed by atoms with Gasteiger partial charge in [-0.1, -0.05) is 25.7 Å². The van der Waals surface area contributed by atoms with Crippen molar-refractivity contribution in [1.29, 1.82) is 0 Å². The molecular weight excluding hydrogens is 370 g/mol. The second-order valence-electron chi connectivity index (χ2n) is 9.64. The minimum atomic E-state index is -0.894. The van der Waals surface area contributed by atoms with E-state index in [1.165, 1.54) is 22.6 Å². The van der Waals surface area contributed by atoms with E-state index in [1.54, 1.807) is 20.9 Å². The van der Waals surface area contributed by atoms with Gasteiger partial charge in [-0.05, 0) is 45.4 Å². The van der Waals surface area contributed by atoms with Gasteiger partial charge in [0.1, 0.15) is 5.54 Å². The number of imide groups is 1. The van der Waals surface area contributed by atoms with Crippen molar-refractivity contribution in [2.75, 3.05) is 33.3 Å². The Bertz CT molecular complexity index is 624. The molecule has 1 saturated carbocycles. The number of likely N-dealkylation sites (tertiary alicyclic amines) is 1. The van der Waals surface area contributed by atoms with Crippen LogP contribution in [0.25, 0.3) is 0 Å². The molecule has 1 N–H and O–H groups in total. The van der Waals surface area contributed by atoms with Crippen molar-refractivity contribution in [3.05, 3.63) is 0 Å². The van der Waals surface area contributed by atoms with Crippen molar-refractivity contribution >= 4 is 17.8 Å². The van der Waals surface area contributed by atoms with E-state index in [4.69, 9.17) is 0 Å². The molecule has 0 aromatic heterocycles.